The summed E-state index contributed by atoms with van der Waals surface area (Å²) in [7, 11) is 4.25. The van der Waals surface area contributed by atoms with E-state index in [1.54, 1.807) is 11.3 Å². The van der Waals surface area contributed by atoms with E-state index in [1.165, 1.54) is 18.7 Å². The van der Waals surface area contributed by atoms with E-state index in [0.717, 1.165) is 42.7 Å². The molecule has 3 rings (SSSR count). The molecule has 0 spiro atoms. The number of piperidine rings is 1. The van der Waals surface area contributed by atoms with Gasteiger partial charge in [-0.1, -0.05) is 25.2 Å². The Morgan fingerprint density at radius 1 is 1.32 bits per heavy atom. The molecule has 138 valence electrons. The van der Waals surface area contributed by atoms with Crippen LogP contribution in [0, 0.1) is 0 Å². The molecule has 0 radical (unpaired) electrons. The molecule has 0 aliphatic carbocycles. The number of aryl methyl sites for hydroxylation is 1. The highest BCUT2D eigenvalue weighted by Crippen LogP contribution is 2.32. The van der Waals surface area contributed by atoms with E-state index in [-0.39, 0.29) is 0 Å². The summed E-state index contributed by atoms with van der Waals surface area (Å²) in [6.07, 6.45) is 7.63. The van der Waals surface area contributed by atoms with Crippen LogP contribution >= 0.6 is 11.3 Å². The van der Waals surface area contributed by atoms with Gasteiger partial charge in [0, 0.05) is 43.9 Å². The van der Waals surface area contributed by atoms with Gasteiger partial charge in [0.1, 0.15) is 10.8 Å². The van der Waals surface area contributed by atoms with Crippen LogP contribution in [0.25, 0.3) is 0 Å². The second kappa shape index (κ2) is 8.27. The first kappa shape index (κ1) is 18.3. The molecule has 1 saturated heterocycles. The van der Waals surface area contributed by atoms with Crippen molar-refractivity contribution >= 4 is 16.5 Å². The third-order valence-electron chi connectivity index (χ3n) is 4.73. The Morgan fingerprint density at radius 2 is 2.16 bits per heavy atom. The van der Waals surface area contributed by atoms with Gasteiger partial charge < -0.3 is 14.4 Å². The Labute approximate surface area is 154 Å². The number of hydrogen-bond donors (Lipinski definition) is 0. The Hall–Kier alpha value is -1.47. The largest absolute Gasteiger partial charge is 0.346 e. The molecule has 2 aromatic heterocycles. The van der Waals surface area contributed by atoms with Crippen LogP contribution in [0.15, 0.2) is 12.4 Å². The quantitative estimate of drug-likeness (QED) is 0.757. The molecule has 0 N–H and O–H groups in total. The topological polar surface area (TPSA) is 50.1 Å². The molecule has 6 nitrogen and oxygen atoms in total. The zero-order valence-electron chi connectivity index (χ0n) is 15.9. The van der Waals surface area contributed by atoms with Crippen LogP contribution in [0.3, 0.4) is 0 Å². The van der Waals surface area contributed by atoms with Crippen LogP contribution in [0.2, 0.25) is 0 Å². The highest BCUT2D eigenvalue weighted by molar-refractivity contribution is 7.15. The summed E-state index contributed by atoms with van der Waals surface area (Å²) >= 11 is 1.74. The Balaban J connectivity index is 1.66. The molecule has 3 heterocycles. The van der Waals surface area contributed by atoms with Crippen molar-refractivity contribution in [2.75, 3.05) is 38.6 Å². The Bertz CT molecular complexity index is 662. The molecular formula is C18H30N6S. The molecule has 7 heteroatoms. The van der Waals surface area contributed by atoms with Gasteiger partial charge in [-0.25, -0.2) is 4.98 Å². The average Bonchev–Trinajstić information content (AvgIpc) is 3.24. The summed E-state index contributed by atoms with van der Waals surface area (Å²) in [5.41, 5.74) is 0. The van der Waals surface area contributed by atoms with Crippen molar-refractivity contribution in [1.29, 1.82) is 0 Å². The third-order valence-corrected chi connectivity index (χ3v) is 6.02. The van der Waals surface area contributed by atoms with Crippen molar-refractivity contribution in [3.63, 3.8) is 0 Å². The summed E-state index contributed by atoms with van der Waals surface area (Å²) in [6, 6.07) is 0. The minimum absolute atomic E-state index is 0.447. The maximum absolute atomic E-state index is 4.69. The highest BCUT2D eigenvalue weighted by Gasteiger charge is 2.26. The second-order valence-electron chi connectivity index (χ2n) is 7.50. The van der Waals surface area contributed by atoms with E-state index >= 15 is 0 Å². The van der Waals surface area contributed by atoms with Gasteiger partial charge in [0.15, 0.2) is 0 Å². The summed E-state index contributed by atoms with van der Waals surface area (Å²) < 4.78 is 2.34. The predicted molar refractivity (Wildman–Crippen MR) is 104 cm³/mol. The molecule has 0 saturated carbocycles. The minimum Gasteiger partial charge on any atom is -0.346 e. The van der Waals surface area contributed by atoms with Gasteiger partial charge in [-0.05, 0) is 39.9 Å². The first-order valence-corrected chi connectivity index (χ1v) is 10.1. The second-order valence-corrected chi connectivity index (χ2v) is 8.49. The van der Waals surface area contributed by atoms with E-state index < -0.39 is 0 Å². The van der Waals surface area contributed by atoms with Gasteiger partial charge in [-0.2, -0.15) is 0 Å². The van der Waals surface area contributed by atoms with Crippen LogP contribution in [0.1, 0.15) is 55.8 Å². The van der Waals surface area contributed by atoms with Crippen molar-refractivity contribution in [1.82, 2.24) is 24.6 Å². The lowest BCUT2D eigenvalue weighted by Gasteiger charge is -2.32. The van der Waals surface area contributed by atoms with Crippen molar-refractivity contribution in [3.8, 4) is 0 Å². The molecule has 1 atom stereocenters. The lowest BCUT2D eigenvalue weighted by atomic mass is 9.97. The predicted octanol–water partition coefficient (Wildman–Crippen LogP) is 3.19. The van der Waals surface area contributed by atoms with Crippen molar-refractivity contribution in [2.45, 2.75) is 51.5 Å². The van der Waals surface area contributed by atoms with Gasteiger partial charge in [0.25, 0.3) is 0 Å². The summed E-state index contributed by atoms with van der Waals surface area (Å²) in [6.45, 7) is 8.57. The normalized spacial score (nSPS) is 18.5. The van der Waals surface area contributed by atoms with Crippen LogP contribution in [-0.4, -0.2) is 58.4 Å². The first-order chi connectivity index (χ1) is 12.0. The van der Waals surface area contributed by atoms with E-state index in [2.05, 4.69) is 63.7 Å². The first-order valence-electron chi connectivity index (χ1n) is 9.28. The molecular weight excluding hydrogens is 332 g/mol. The highest BCUT2D eigenvalue weighted by atomic mass is 32.1. The molecule has 0 amide bonds. The number of anilines is 1. The van der Waals surface area contributed by atoms with Gasteiger partial charge in [0.2, 0.25) is 5.13 Å². The standard InChI is InChI=1S/C18H30N6S/c1-14(2)17-20-21-18(25-17)24-10-5-7-15(13-24)16-19-8-12-23(16)11-6-9-22(3)4/h8,12,14-15H,5-7,9-11,13H2,1-4H3/t15-/m0/s1. The Morgan fingerprint density at radius 3 is 2.88 bits per heavy atom. The minimum atomic E-state index is 0.447. The van der Waals surface area contributed by atoms with Gasteiger partial charge >= 0.3 is 0 Å². The lowest BCUT2D eigenvalue weighted by Crippen LogP contribution is -2.35. The SMILES string of the molecule is CC(C)c1nnc(N2CCC[C@H](c3nccn3CCCN(C)C)C2)s1. The zero-order chi connectivity index (χ0) is 17.8. The number of nitrogens with zero attached hydrogens (tertiary/aromatic N) is 6. The number of aromatic nitrogens is 4. The molecule has 2 aromatic rings. The summed E-state index contributed by atoms with van der Waals surface area (Å²) in [5, 5.41) is 11.0. The maximum Gasteiger partial charge on any atom is 0.208 e. The van der Waals surface area contributed by atoms with E-state index in [0.29, 0.717) is 11.8 Å². The molecule has 0 unspecified atom stereocenters. The van der Waals surface area contributed by atoms with Gasteiger partial charge in [-0.3, -0.25) is 0 Å². The number of imidazole rings is 1. The third kappa shape index (κ3) is 4.58. The van der Waals surface area contributed by atoms with Crippen LogP contribution in [0.5, 0.6) is 0 Å². The van der Waals surface area contributed by atoms with E-state index in [1.807, 2.05) is 6.20 Å². The molecule has 1 aliphatic heterocycles. The zero-order valence-corrected chi connectivity index (χ0v) is 16.7. The fourth-order valence-corrected chi connectivity index (χ4v) is 4.26. The fraction of sp³-hybridized carbons (Fsp3) is 0.722. The van der Waals surface area contributed by atoms with Gasteiger partial charge in [-0.15, -0.1) is 10.2 Å². The van der Waals surface area contributed by atoms with E-state index in [9.17, 15) is 0 Å². The van der Waals surface area contributed by atoms with Crippen molar-refractivity contribution in [3.05, 3.63) is 23.2 Å². The molecule has 0 aromatic carbocycles. The monoisotopic (exact) mass is 362 g/mol. The van der Waals surface area contributed by atoms with Gasteiger partial charge in [0.05, 0.1) is 0 Å². The Kier molecular flexibility index (Phi) is 6.06. The smallest absolute Gasteiger partial charge is 0.208 e. The molecule has 0 bridgehead atoms. The van der Waals surface area contributed by atoms with E-state index in [4.69, 9.17) is 0 Å². The van der Waals surface area contributed by atoms with Crippen molar-refractivity contribution < 1.29 is 0 Å². The van der Waals surface area contributed by atoms with Crippen LogP contribution in [-0.2, 0) is 6.54 Å². The van der Waals surface area contributed by atoms with Crippen molar-refractivity contribution in [2.24, 2.45) is 0 Å². The molecule has 1 fully saturated rings. The maximum atomic E-state index is 4.69. The summed E-state index contributed by atoms with van der Waals surface area (Å²) in [4.78, 5) is 9.33. The molecule has 1 aliphatic rings. The fourth-order valence-electron chi connectivity index (χ4n) is 3.38. The molecule has 25 heavy (non-hydrogen) atoms. The lowest BCUT2D eigenvalue weighted by molar-refractivity contribution is 0.380. The summed E-state index contributed by atoms with van der Waals surface area (Å²) in [5.74, 6) is 2.16. The van der Waals surface area contributed by atoms with Crippen LogP contribution in [0.4, 0.5) is 5.13 Å². The number of hydrogen-bond acceptors (Lipinski definition) is 6. The average molecular weight is 363 g/mol. The number of rotatable bonds is 7. The van der Waals surface area contributed by atoms with Crippen LogP contribution < -0.4 is 4.90 Å².